The van der Waals surface area contributed by atoms with Gasteiger partial charge in [-0.3, -0.25) is 0 Å². The van der Waals surface area contributed by atoms with E-state index < -0.39 is 42.3 Å². The smallest absolute Gasteiger partial charge is 0.324 e. The fraction of sp³-hybridized carbons (Fsp3) is 0.400. The molecule has 1 aromatic rings. The van der Waals surface area contributed by atoms with E-state index in [4.69, 9.17) is 17.3 Å². The number of nitrogens with two attached hydrogens (primary N) is 1. The van der Waals surface area contributed by atoms with Gasteiger partial charge in [0.15, 0.2) is 0 Å². The van der Waals surface area contributed by atoms with Crippen molar-refractivity contribution in [2.24, 2.45) is 5.73 Å². The Labute approximate surface area is 112 Å². The van der Waals surface area contributed by atoms with E-state index in [2.05, 4.69) is 0 Å². The third-order valence-electron chi connectivity index (χ3n) is 2.19. The number of halogens is 7. The summed E-state index contributed by atoms with van der Waals surface area (Å²) in [4.78, 5) is 0. The first-order valence-electron chi connectivity index (χ1n) is 4.68. The monoisotopic (exact) mass is 309 g/mol. The Hall–Kier alpha value is -0.590. The van der Waals surface area contributed by atoms with E-state index in [0.29, 0.717) is 0 Å². The van der Waals surface area contributed by atoms with Gasteiger partial charge in [-0.1, -0.05) is 11.6 Å². The quantitative estimate of drug-likeness (QED) is 0.650. The summed E-state index contributed by atoms with van der Waals surface area (Å²) in [6, 6.07) is 0.468. The molecular weight excluding hydrogens is 300 g/mol. The molecule has 0 aliphatic carbocycles. The lowest BCUT2D eigenvalue weighted by Crippen LogP contribution is -2.18. The zero-order chi connectivity index (χ0) is 13.2. The molecule has 104 valence electrons. The molecule has 8 heteroatoms. The highest BCUT2D eigenvalue weighted by Crippen LogP contribution is 2.30. The van der Waals surface area contributed by atoms with Crippen LogP contribution in [0.5, 0.6) is 0 Å². The van der Waals surface area contributed by atoms with Crippen molar-refractivity contribution in [2.45, 2.75) is 25.1 Å². The van der Waals surface area contributed by atoms with Crippen molar-refractivity contribution in [1.29, 1.82) is 0 Å². The van der Waals surface area contributed by atoms with Gasteiger partial charge in [-0.15, -0.1) is 12.4 Å². The van der Waals surface area contributed by atoms with Crippen molar-refractivity contribution in [3.8, 4) is 0 Å². The van der Waals surface area contributed by atoms with E-state index in [1.165, 1.54) is 0 Å². The number of rotatable bonds is 3. The molecule has 2 N–H and O–H groups in total. The summed E-state index contributed by atoms with van der Waals surface area (Å²) in [5.41, 5.74) is 4.72. The van der Waals surface area contributed by atoms with Crippen LogP contribution in [0.2, 0.25) is 5.02 Å². The summed E-state index contributed by atoms with van der Waals surface area (Å²) in [6.45, 7) is 0. The van der Waals surface area contributed by atoms with Crippen molar-refractivity contribution in [3.63, 3.8) is 0 Å². The van der Waals surface area contributed by atoms with Crippen LogP contribution in [0.25, 0.3) is 0 Å². The largest absolute Gasteiger partial charge is 0.389 e. The average Bonchev–Trinajstić information content (AvgIpc) is 2.20. The zero-order valence-electron chi connectivity index (χ0n) is 8.90. The molecule has 0 saturated carbocycles. The predicted molar refractivity (Wildman–Crippen MR) is 60.8 cm³/mol. The van der Waals surface area contributed by atoms with Crippen LogP contribution < -0.4 is 5.73 Å². The number of alkyl halides is 3. The molecule has 0 aliphatic rings. The topological polar surface area (TPSA) is 26.0 Å². The third kappa shape index (κ3) is 4.59. The molecule has 0 bridgehead atoms. The second-order valence-electron chi connectivity index (χ2n) is 3.52. The minimum Gasteiger partial charge on any atom is -0.324 e. The van der Waals surface area contributed by atoms with Crippen LogP contribution in [0.3, 0.4) is 0 Å². The molecule has 18 heavy (non-hydrogen) atoms. The number of hydrogen-bond donors (Lipinski definition) is 1. The molecule has 0 aliphatic heterocycles. The van der Waals surface area contributed by atoms with Gasteiger partial charge in [-0.25, -0.2) is 8.78 Å². The highest BCUT2D eigenvalue weighted by molar-refractivity contribution is 6.30. The lowest BCUT2D eigenvalue weighted by Gasteiger charge is -2.15. The van der Waals surface area contributed by atoms with Crippen LogP contribution in [0.15, 0.2) is 12.1 Å². The van der Waals surface area contributed by atoms with Gasteiger partial charge in [-0.2, -0.15) is 13.2 Å². The standard InChI is InChI=1S/C10H9ClF5N.ClH/c11-5-1-2-6(12)8(9(5)13)7(17)3-4-10(14,15)16;/h1-2,7H,3-4,17H2;1H/t7-;/m0./s1. The minimum absolute atomic E-state index is 0. The Morgan fingerprint density at radius 1 is 1.22 bits per heavy atom. The normalized spacial score (nSPS) is 13.1. The second-order valence-corrected chi connectivity index (χ2v) is 3.92. The zero-order valence-corrected chi connectivity index (χ0v) is 10.5. The Morgan fingerprint density at radius 3 is 2.28 bits per heavy atom. The maximum atomic E-state index is 13.4. The van der Waals surface area contributed by atoms with Gasteiger partial charge < -0.3 is 5.73 Å². The van der Waals surface area contributed by atoms with Crippen molar-refractivity contribution < 1.29 is 22.0 Å². The summed E-state index contributed by atoms with van der Waals surface area (Å²) in [5, 5.41) is -0.371. The summed E-state index contributed by atoms with van der Waals surface area (Å²) >= 11 is 5.40. The van der Waals surface area contributed by atoms with Crippen LogP contribution in [-0.4, -0.2) is 6.18 Å². The first-order chi connectivity index (χ1) is 7.72. The molecule has 0 saturated heterocycles. The van der Waals surface area contributed by atoms with E-state index in [9.17, 15) is 22.0 Å². The van der Waals surface area contributed by atoms with Crippen molar-refractivity contribution in [2.75, 3.05) is 0 Å². The van der Waals surface area contributed by atoms with E-state index in [0.717, 1.165) is 12.1 Å². The van der Waals surface area contributed by atoms with Crippen LogP contribution in [0.4, 0.5) is 22.0 Å². The molecule has 1 nitrogen and oxygen atoms in total. The van der Waals surface area contributed by atoms with Crippen molar-refractivity contribution in [3.05, 3.63) is 34.4 Å². The van der Waals surface area contributed by atoms with Crippen molar-refractivity contribution in [1.82, 2.24) is 0 Å². The van der Waals surface area contributed by atoms with Crippen LogP contribution in [0, 0.1) is 11.6 Å². The lowest BCUT2D eigenvalue weighted by atomic mass is 10.0. The van der Waals surface area contributed by atoms with Gasteiger partial charge in [0.05, 0.1) is 5.02 Å². The molecule has 0 radical (unpaired) electrons. The summed E-state index contributed by atoms with van der Waals surface area (Å²) < 4.78 is 62.5. The molecular formula is C10H10Cl2F5N. The molecule has 0 unspecified atom stereocenters. The molecule has 1 atom stereocenters. The number of benzene rings is 1. The second kappa shape index (κ2) is 6.54. The van der Waals surface area contributed by atoms with Gasteiger partial charge in [0.1, 0.15) is 11.6 Å². The Morgan fingerprint density at radius 2 is 1.78 bits per heavy atom. The van der Waals surface area contributed by atoms with E-state index in [1.807, 2.05) is 0 Å². The predicted octanol–water partition coefficient (Wildman–Crippen LogP) is 4.38. The van der Waals surface area contributed by atoms with E-state index >= 15 is 0 Å². The van der Waals surface area contributed by atoms with Gasteiger partial charge in [0.25, 0.3) is 0 Å². The third-order valence-corrected chi connectivity index (χ3v) is 2.48. The first kappa shape index (κ1) is 17.4. The van der Waals surface area contributed by atoms with E-state index in [-0.39, 0.29) is 17.4 Å². The fourth-order valence-electron chi connectivity index (χ4n) is 1.35. The molecule has 0 fully saturated rings. The van der Waals surface area contributed by atoms with E-state index in [1.54, 1.807) is 0 Å². The molecule has 0 aromatic heterocycles. The van der Waals surface area contributed by atoms with Crippen LogP contribution in [-0.2, 0) is 0 Å². The Bertz CT molecular complexity index is 408. The molecule has 0 heterocycles. The van der Waals surface area contributed by atoms with Gasteiger partial charge in [0, 0.05) is 18.0 Å². The molecule has 0 amide bonds. The maximum Gasteiger partial charge on any atom is 0.389 e. The lowest BCUT2D eigenvalue weighted by molar-refractivity contribution is -0.136. The fourth-order valence-corrected chi connectivity index (χ4v) is 1.51. The molecule has 0 spiro atoms. The highest BCUT2D eigenvalue weighted by atomic mass is 35.5. The summed E-state index contributed by atoms with van der Waals surface area (Å²) in [6.07, 6.45) is -6.22. The average molecular weight is 310 g/mol. The summed E-state index contributed by atoms with van der Waals surface area (Å²) in [5.74, 6) is -2.11. The Balaban J connectivity index is 0.00000289. The first-order valence-corrected chi connectivity index (χ1v) is 5.06. The van der Waals surface area contributed by atoms with Crippen LogP contribution in [0.1, 0.15) is 24.4 Å². The summed E-state index contributed by atoms with van der Waals surface area (Å²) in [7, 11) is 0. The maximum absolute atomic E-state index is 13.4. The highest BCUT2D eigenvalue weighted by Gasteiger charge is 2.29. The molecule has 1 rings (SSSR count). The minimum atomic E-state index is -4.41. The van der Waals surface area contributed by atoms with Crippen LogP contribution >= 0.6 is 24.0 Å². The molecule has 1 aromatic carbocycles. The SMILES string of the molecule is Cl.N[C@@H](CCC(F)(F)F)c1c(F)ccc(Cl)c1F. The van der Waals surface area contributed by atoms with Gasteiger partial charge >= 0.3 is 6.18 Å². The number of hydrogen-bond acceptors (Lipinski definition) is 1. The Kier molecular flexibility index (Phi) is 6.33. The van der Waals surface area contributed by atoms with Crippen molar-refractivity contribution >= 4 is 24.0 Å². The van der Waals surface area contributed by atoms with Gasteiger partial charge in [-0.05, 0) is 18.6 Å². The van der Waals surface area contributed by atoms with Gasteiger partial charge in [0.2, 0.25) is 0 Å².